The topological polar surface area (TPSA) is 59.1 Å². The molecule has 0 aliphatic rings. The monoisotopic (exact) mass is 598 g/mol. The van der Waals surface area contributed by atoms with Crippen molar-refractivity contribution in [1.29, 1.82) is 0 Å². The summed E-state index contributed by atoms with van der Waals surface area (Å²) < 4.78 is 10.8. The van der Waals surface area contributed by atoms with E-state index < -0.39 is 0 Å². The van der Waals surface area contributed by atoms with Gasteiger partial charge in [-0.05, 0) is 54.5 Å². The second-order valence-electron chi connectivity index (χ2n) is 11.1. The van der Waals surface area contributed by atoms with Gasteiger partial charge in [-0.25, -0.2) is 0 Å². The van der Waals surface area contributed by atoms with Crippen LogP contribution in [0.15, 0.2) is 42.3 Å². The van der Waals surface area contributed by atoms with Crippen LogP contribution in [0.5, 0.6) is 11.5 Å². The quantitative estimate of drug-likeness (QED) is 0.0953. The molecule has 0 unspecified atom stereocenters. The molecule has 0 bridgehead atoms. The molecular weight excluding hydrogens is 544 g/mol. The first kappa shape index (κ1) is 35.4. The van der Waals surface area contributed by atoms with Crippen molar-refractivity contribution in [3.05, 3.63) is 58.3 Å². The maximum absolute atomic E-state index is 13.6. The van der Waals surface area contributed by atoms with Gasteiger partial charge >= 0.3 is 0 Å². The zero-order chi connectivity index (χ0) is 30.6. The summed E-state index contributed by atoms with van der Waals surface area (Å²) in [7, 11) is 3.24. The molecule has 0 atom stereocenters. The lowest BCUT2D eigenvalue weighted by Crippen LogP contribution is -2.43. The summed E-state index contributed by atoms with van der Waals surface area (Å²) >= 11 is 1.66. The number of nitrogens with zero attached hydrogens (tertiary/aromatic N) is 2. The van der Waals surface area contributed by atoms with Crippen molar-refractivity contribution in [2.45, 2.75) is 104 Å². The van der Waals surface area contributed by atoms with E-state index in [0.29, 0.717) is 44.0 Å². The van der Waals surface area contributed by atoms with Gasteiger partial charge in [-0.2, -0.15) is 0 Å². The van der Waals surface area contributed by atoms with Crippen LogP contribution in [-0.4, -0.2) is 55.5 Å². The number of ether oxygens (including phenoxy) is 2. The molecule has 234 valence electrons. The second-order valence-corrected chi connectivity index (χ2v) is 12.1. The van der Waals surface area contributed by atoms with Gasteiger partial charge in [0.2, 0.25) is 11.8 Å². The number of hydrogen-bond donors (Lipinski definition) is 0. The summed E-state index contributed by atoms with van der Waals surface area (Å²) in [4.78, 5) is 31.5. The minimum Gasteiger partial charge on any atom is -0.493 e. The molecule has 0 saturated carbocycles. The molecule has 1 heterocycles. The average molecular weight is 599 g/mol. The van der Waals surface area contributed by atoms with Gasteiger partial charge in [0.15, 0.2) is 11.5 Å². The standard InChI is InChI=1S/C35H54N2O4S/c1-6-8-9-10-11-12-13-14-15-16-17-18-34(38)36(23-7-2)28-35(39)37(27-33-29(3)22-25-42-33)24-21-30-19-20-31(40-4)32(26-30)41-5/h7,19-20,22,25-26H,2,6,8-18,21,23-24,27-28H2,1,3-5H3. The van der Waals surface area contributed by atoms with Crippen LogP contribution in [0.4, 0.5) is 0 Å². The van der Waals surface area contributed by atoms with Gasteiger partial charge in [0, 0.05) is 24.4 Å². The minimum absolute atomic E-state index is 0.0336. The normalized spacial score (nSPS) is 10.9. The first-order valence-electron chi connectivity index (χ1n) is 15.8. The predicted molar refractivity (Wildman–Crippen MR) is 176 cm³/mol. The van der Waals surface area contributed by atoms with Crippen molar-refractivity contribution < 1.29 is 19.1 Å². The molecular formula is C35H54N2O4S. The van der Waals surface area contributed by atoms with Crippen molar-refractivity contribution in [2.24, 2.45) is 0 Å². The molecule has 0 aliphatic heterocycles. The molecule has 1 aromatic carbocycles. The molecule has 0 radical (unpaired) electrons. The molecule has 0 N–H and O–H groups in total. The summed E-state index contributed by atoms with van der Waals surface area (Å²) in [5, 5.41) is 2.06. The number of aryl methyl sites for hydroxylation is 1. The molecule has 1 aromatic heterocycles. The Bertz CT molecular complexity index is 1070. The molecule has 42 heavy (non-hydrogen) atoms. The third-order valence-corrected chi connectivity index (χ3v) is 8.80. The molecule has 7 heteroatoms. The number of rotatable bonds is 23. The summed E-state index contributed by atoms with van der Waals surface area (Å²) in [6.45, 7) is 9.69. The number of carbonyl (C=O) groups is 2. The zero-order valence-electron chi connectivity index (χ0n) is 26.6. The summed E-state index contributed by atoms with van der Waals surface area (Å²) in [6, 6.07) is 7.93. The second kappa shape index (κ2) is 21.0. The maximum atomic E-state index is 13.6. The van der Waals surface area contributed by atoms with E-state index in [1.54, 1.807) is 36.5 Å². The van der Waals surface area contributed by atoms with Crippen molar-refractivity contribution >= 4 is 23.2 Å². The van der Waals surface area contributed by atoms with Gasteiger partial charge in [0.1, 0.15) is 6.54 Å². The van der Waals surface area contributed by atoms with Crippen molar-refractivity contribution in [2.75, 3.05) is 33.9 Å². The fourth-order valence-electron chi connectivity index (χ4n) is 5.10. The van der Waals surface area contributed by atoms with E-state index in [-0.39, 0.29) is 18.4 Å². The van der Waals surface area contributed by atoms with E-state index in [4.69, 9.17) is 9.47 Å². The van der Waals surface area contributed by atoms with E-state index in [1.165, 1.54) is 68.2 Å². The van der Waals surface area contributed by atoms with Crippen molar-refractivity contribution in [3.8, 4) is 11.5 Å². The maximum Gasteiger partial charge on any atom is 0.242 e. The van der Waals surface area contributed by atoms with Crippen LogP contribution in [0.3, 0.4) is 0 Å². The SMILES string of the molecule is C=CCN(CC(=O)N(CCc1ccc(OC)c(OC)c1)Cc1sccc1C)C(=O)CCCCCCCCCCCCC. The lowest BCUT2D eigenvalue weighted by molar-refractivity contribution is -0.140. The number of amides is 2. The lowest BCUT2D eigenvalue weighted by atomic mass is 10.1. The Morgan fingerprint density at radius 1 is 0.857 bits per heavy atom. The van der Waals surface area contributed by atoms with Gasteiger partial charge in [-0.3, -0.25) is 9.59 Å². The van der Waals surface area contributed by atoms with E-state index in [0.717, 1.165) is 18.4 Å². The van der Waals surface area contributed by atoms with E-state index >= 15 is 0 Å². The van der Waals surface area contributed by atoms with Crippen LogP contribution in [0, 0.1) is 6.92 Å². The van der Waals surface area contributed by atoms with Crippen LogP contribution in [0.25, 0.3) is 0 Å². The van der Waals surface area contributed by atoms with E-state index in [1.807, 2.05) is 23.1 Å². The Morgan fingerprint density at radius 2 is 1.50 bits per heavy atom. The van der Waals surface area contributed by atoms with Crippen LogP contribution in [0.2, 0.25) is 0 Å². The molecule has 0 saturated heterocycles. The van der Waals surface area contributed by atoms with E-state index in [9.17, 15) is 9.59 Å². The zero-order valence-corrected chi connectivity index (χ0v) is 27.4. The summed E-state index contributed by atoms with van der Waals surface area (Å²) in [5.41, 5.74) is 2.24. The van der Waals surface area contributed by atoms with Gasteiger partial charge in [0.25, 0.3) is 0 Å². The molecule has 0 aliphatic carbocycles. The molecule has 2 rings (SSSR count). The first-order valence-corrected chi connectivity index (χ1v) is 16.7. The van der Waals surface area contributed by atoms with Gasteiger partial charge in [-0.15, -0.1) is 17.9 Å². The Hall–Kier alpha value is -2.80. The smallest absolute Gasteiger partial charge is 0.242 e. The van der Waals surface area contributed by atoms with Gasteiger partial charge in [-0.1, -0.05) is 83.3 Å². The summed E-state index contributed by atoms with van der Waals surface area (Å²) in [5.74, 6) is 1.34. The molecule has 0 fully saturated rings. The minimum atomic E-state index is -0.0441. The third kappa shape index (κ3) is 13.0. The highest BCUT2D eigenvalue weighted by Crippen LogP contribution is 2.28. The number of carbonyl (C=O) groups excluding carboxylic acids is 2. The van der Waals surface area contributed by atoms with Crippen LogP contribution in [0.1, 0.15) is 100.0 Å². The van der Waals surface area contributed by atoms with E-state index in [2.05, 4.69) is 31.9 Å². The molecule has 2 aromatic rings. The number of benzene rings is 1. The average Bonchev–Trinajstić information content (AvgIpc) is 3.41. The number of thiophene rings is 1. The number of unbranched alkanes of at least 4 members (excludes halogenated alkanes) is 10. The highest BCUT2D eigenvalue weighted by Gasteiger charge is 2.22. The molecule has 6 nitrogen and oxygen atoms in total. The van der Waals surface area contributed by atoms with Crippen LogP contribution >= 0.6 is 11.3 Å². The van der Waals surface area contributed by atoms with Crippen molar-refractivity contribution in [1.82, 2.24) is 9.80 Å². The number of hydrogen-bond acceptors (Lipinski definition) is 5. The Kier molecular flexibility index (Phi) is 17.7. The van der Waals surface area contributed by atoms with Crippen LogP contribution in [-0.2, 0) is 22.6 Å². The predicted octanol–water partition coefficient (Wildman–Crippen LogP) is 8.36. The van der Waals surface area contributed by atoms with Crippen molar-refractivity contribution in [3.63, 3.8) is 0 Å². The first-order chi connectivity index (χ1) is 20.4. The Labute approximate surface area is 259 Å². The van der Waals surface area contributed by atoms with Crippen LogP contribution < -0.4 is 9.47 Å². The Morgan fingerprint density at radius 3 is 2.07 bits per heavy atom. The summed E-state index contributed by atoms with van der Waals surface area (Å²) in [6.07, 6.45) is 16.6. The highest BCUT2D eigenvalue weighted by atomic mass is 32.1. The van der Waals surface area contributed by atoms with Gasteiger partial charge < -0.3 is 19.3 Å². The number of methoxy groups -OCH3 is 2. The Balaban J connectivity index is 1.90. The fourth-order valence-corrected chi connectivity index (χ4v) is 6.02. The van der Waals surface area contributed by atoms with Gasteiger partial charge in [0.05, 0.1) is 20.8 Å². The molecule has 0 spiro atoms. The third-order valence-electron chi connectivity index (χ3n) is 7.80. The largest absolute Gasteiger partial charge is 0.493 e. The fraction of sp³-hybridized carbons (Fsp3) is 0.600. The molecule has 2 amide bonds. The highest BCUT2D eigenvalue weighted by molar-refractivity contribution is 7.10. The lowest BCUT2D eigenvalue weighted by Gasteiger charge is -2.27.